The van der Waals surface area contributed by atoms with Crippen molar-refractivity contribution in [3.63, 3.8) is 0 Å². The molecule has 3 rings (SSSR count). The summed E-state index contributed by atoms with van der Waals surface area (Å²) in [5, 5.41) is 8.77. The first kappa shape index (κ1) is 16.7. The number of anilines is 1. The Morgan fingerprint density at radius 1 is 1.20 bits per heavy atom. The second-order valence-electron chi connectivity index (χ2n) is 6.05. The van der Waals surface area contributed by atoms with E-state index in [0.29, 0.717) is 16.8 Å². The molecule has 1 aliphatic rings. The normalized spacial score (nSPS) is 14.9. The lowest BCUT2D eigenvalue weighted by Crippen LogP contribution is -2.33. The zero-order valence-electron chi connectivity index (χ0n) is 14.0. The fraction of sp³-hybridized carbons (Fsp3) is 0.211. The number of nitrogens with zero attached hydrogens (tertiary/aromatic N) is 1. The molecule has 0 fully saturated rings. The first-order valence-corrected chi connectivity index (χ1v) is 7.95. The molecular formula is C19H18N2O4. The number of rotatable bonds is 4. The maximum absolute atomic E-state index is 12.8. The first-order valence-electron chi connectivity index (χ1n) is 7.95. The van der Waals surface area contributed by atoms with Crippen LogP contribution in [0.15, 0.2) is 30.3 Å². The lowest BCUT2D eigenvalue weighted by molar-refractivity contribution is -0.138. The number of para-hydroxylation sites is 1. The van der Waals surface area contributed by atoms with Gasteiger partial charge < -0.3 is 10.1 Å². The number of carbonyl (C=O) groups is 3. The number of hydrogen-bond donors (Lipinski definition) is 2. The van der Waals surface area contributed by atoms with Crippen LogP contribution in [0.2, 0.25) is 0 Å². The van der Waals surface area contributed by atoms with E-state index in [1.165, 1.54) is 0 Å². The smallest absolute Gasteiger partial charge is 0.303 e. The highest BCUT2D eigenvalue weighted by Crippen LogP contribution is 2.38. The van der Waals surface area contributed by atoms with Gasteiger partial charge in [0.15, 0.2) is 0 Å². The molecule has 25 heavy (non-hydrogen) atoms. The van der Waals surface area contributed by atoms with Crippen LogP contribution in [0, 0.1) is 13.8 Å². The number of benzene rings is 1. The van der Waals surface area contributed by atoms with Crippen molar-refractivity contribution < 1.29 is 19.5 Å². The average Bonchev–Trinajstić information content (AvgIpc) is 3.02. The van der Waals surface area contributed by atoms with E-state index in [4.69, 9.17) is 5.11 Å². The van der Waals surface area contributed by atoms with Gasteiger partial charge in [0, 0.05) is 23.4 Å². The molecule has 6 heteroatoms. The number of carboxylic acids is 1. The average molecular weight is 338 g/mol. The number of hydrogen-bond acceptors (Lipinski definition) is 3. The molecular weight excluding hydrogens is 320 g/mol. The molecule has 2 heterocycles. The standard InChI is InChI=1S/C19H18N2O4/c1-11-9-12(2)20-15(11)10-14-13-5-3-4-6-16(13)21(19(14)25)17(22)7-8-18(23)24/h3-6,9-10,20H,7-8H2,1-2H3,(H,23,24)/b14-10-. The molecule has 0 aliphatic carbocycles. The Kier molecular flexibility index (Phi) is 4.27. The molecule has 1 aromatic heterocycles. The lowest BCUT2D eigenvalue weighted by atomic mass is 10.1. The third-order valence-corrected chi connectivity index (χ3v) is 4.15. The number of aliphatic carboxylic acids is 1. The summed E-state index contributed by atoms with van der Waals surface area (Å²) in [6.45, 7) is 3.87. The Bertz CT molecular complexity index is 908. The molecule has 0 bridgehead atoms. The maximum Gasteiger partial charge on any atom is 0.303 e. The Morgan fingerprint density at radius 3 is 2.56 bits per heavy atom. The molecule has 0 saturated heterocycles. The topological polar surface area (TPSA) is 90.5 Å². The number of nitrogens with one attached hydrogen (secondary N) is 1. The molecule has 0 saturated carbocycles. The minimum atomic E-state index is -1.07. The van der Waals surface area contributed by atoms with Gasteiger partial charge in [-0.15, -0.1) is 0 Å². The summed E-state index contributed by atoms with van der Waals surface area (Å²) in [6, 6.07) is 9.01. The van der Waals surface area contributed by atoms with Crippen molar-refractivity contribution in [1.29, 1.82) is 0 Å². The number of aryl methyl sites for hydroxylation is 2. The summed E-state index contributed by atoms with van der Waals surface area (Å²) in [5.41, 5.74) is 4.39. The third-order valence-electron chi connectivity index (χ3n) is 4.15. The van der Waals surface area contributed by atoms with E-state index in [1.54, 1.807) is 30.3 Å². The monoisotopic (exact) mass is 338 g/mol. The summed E-state index contributed by atoms with van der Waals surface area (Å²) in [4.78, 5) is 40.2. The third kappa shape index (κ3) is 3.10. The lowest BCUT2D eigenvalue weighted by Gasteiger charge is -2.14. The maximum atomic E-state index is 12.8. The number of H-pyrrole nitrogens is 1. The first-order chi connectivity index (χ1) is 11.9. The van der Waals surface area contributed by atoms with Crippen LogP contribution >= 0.6 is 0 Å². The van der Waals surface area contributed by atoms with Gasteiger partial charge in [0.05, 0.1) is 17.7 Å². The van der Waals surface area contributed by atoms with E-state index in [1.807, 2.05) is 19.9 Å². The summed E-state index contributed by atoms with van der Waals surface area (Å²) < 4.78 is 0. The summed E-state index contributed by atoms with van der Waals surface area (Å²) in [7, 11) is 0. The Labute approximate surface area is 144 Å². The highest BCUT2D eigenvalue weighted by molar-refractivity contribution is 6.42. The van der Waals surface area contributed by atoms with E-state index in [2.05, 4.69) is 4.98 Å². The van der Waals surface area contributed by atoms with E-state index < -0.39 is 17.8 Å². The number of aromatic nitrogens is 1. The van der Waals surface area contributed by atoms with Gasteiger partial charge in [-0.2, -0.15) is 0 Å². The number of fused-ring (bicyclic) bond motifs is 1. The van der Waals surface area contributed by atoms with Crippen LogP contribution in [0.1, 0.15) is 35.4 Å². The minimum Gasteiger partial charge on any atom is -0.481 e. The fourth-order valence-electron chi connectivity index (χ4n) is 3.00. The predicted octanol–water partition coefficient (Wildman–Crippen LogP) is 2.91. The predicted molar refractivity (Wildman–Crippen MR) is 93.9 cm³/mol. The van der Waals surface area contributed by atoms with Crippen molar-refractivity contribution in [3.8, 4) is 0 Å². The highest BCUT2D eigenvalue weighted by atomic mass is 16.4. The van der Waals surface area contributed by atoms with Crippen LogP contribution in [0.5, 0.6) is 0 Å². The van der Waals surface area contributed by atoms with Crippen LogP contribution in [0.4, 0.5) is 5.69 Å². The van der Waals surface area contributed by atoms with Gasteiger partial charge in [-0.1, -0.05) is 18.2 Å². The van der Waals surface area contributed by atoms with Crippen LogP contribution < -0.4 is 4.90 Å². The number of amides is 2. The largest absolute Gasteiger partial charge is 0.481 e. The van der Waals surface area contributed by atoms with Crippen LogP contribution in [0.3, 0.4) is 0 Å². The van der Waals surface area contributed by atoms with Gasteiger partial charge in [-0.25, -0.2) is 4.90 Å². The molecule has 0 unspecified atom stereocenters. The molecule has 2 N–H and O–H groups in total. The molecule has 0 radical (unpaired) electrons. The zero-order chi connectivity index (χ0) is 18.1. The molecule has 0 spiro atoms. The van der Waals surface area contributed by atoms with Crippen molar-refractivity contribution in [2.24, 2.45) is 0 Å². The SMILES string of the molecule is Cc1cc(C)c(/C=C2\C(=O)N(C(=O)CCC(=O)O)c3ccccc32)[nH]1. The van der Waals surface area contributed by atoms with Gasteiger partial charge in [-0.3, -0.25) is 14.4 Å². The minimum absolute atomic E-state index is 0.219. The number of aromatic amines is 1. The Balaban J connectivity index is 2.02. The van der Waals surface area contributed by atoms with E-state index in [9.17, 15) is 14.4 Å². The van der Waals surface area contributed by atoms with Crippen molar-refractivity contribution in [3.05, 3.63) is 52.8 Å². The highest BCUT2D eigenvalue weighted by Gasteiger charge is 2.36. The second kappa shape index (κ2) is 6.39. The Morgan fingerprint density at radius 2 is 1.92 bits per heavy atom. The van der Waals surface area contributed by atoms with E-state index in [0.717, 1.165) is 21.9 Å². The summed E-state index contributed by atoms with van der Waals surface area (Å²) in [5.74, 6) is -2.01. The number of imide groups is 1. The number of carboxylic acid groups (broad SMARTS) is 1. The van der Waals surface area contributed by atoms with Crippen molar-refractivity contribution in [2.45, 2.75) is 26.7 Å². The molecule has 2 aromatic rings. The quantitative estimate of drug-likeness (QED) is 0.839. The van der Waals surface area contributed by atoms with Crippen molar-refractivity contribution in [1.82, 2.24) is 4.98 Å². The van der Waals surface area contributed by atoms with Crippen LogP contribution in [0.25, 0.3) is 11.6 Å². The van der Waals surface area contributed by atoms with Gasteiger partial charge in [0.25, 0.3) is 5.91 Å². The van der Waals surface area contributed by atoms with Gasteiger partial charge >= 0.3 is 5.97 Å². The zero-order valence-corrected chi connectivity index (χ0v) is 14.0. The Hall–Kier alpha value is -3.15. The van der Waals surface area contributed by atoms with Crippen molar-refractivity contribution in [2.75, 3.05) is 4.90 Å². The second-order valence-corrected chi connectivity index (χ2v) is 6.05. The van der Waals surface area contributed by atoms with Crippen LogP contribution in [-0.2, 0) is 14.4 Å². The van der Waals surface area contributed by atoms with E-state index in [-0.39, 0.29) is 12.8 Å². The van der Waals surface area contributed by atoms with Gasteiger partial charge in [0.2, 0.25) is 5.91 Å². The fourth-order valence-corrected chi connectivity index (χ4v) is 3.00. The molecule has 1 aliphatic heterocycles. The van der Waals surface area contributed by atoms with E-state index >= 15 is 0 Å². The van der Waals surface area contributed by atoms with Gasteiger partial charge in [-0.05, 0) is 37.6 Å². The molecule has 0 atom stereocenters. The molecule has 128 valence electrons. The molecule has 6 nitrogen and oxygen atoms in total. The van der Waals surface area contributed by atoms with Gasteiger partial charge in [0.1, 0.15) is 0 Å². The van der Waals surface area contributed by atoms with Crippen molar-refractivity contribution >= 4 is 35.1 Å². The van der Waals surface area contributed by atoms with Crippen LogP contribution in [-0.4, -0.2) is 27.9 Å². The molecule has 2 amide bonds. The molecule has 1 aromatic carbocycles. The summed E-state index contributed by atoms with van der Waals surface area (Å²) in [6.07, 6.45) is 1.22. The summed E-state index contributed by atoms with van der Waals surface area (Å²) >= 11 is 0. The number of carbonyl (C=O) groups excluding carboxylic acids is 2.